The highest BCUT2D eigenvalue weighted by Gasteiger charge is 2.43. The van der Waals surface area contributed by atoms with Crippen LogP contribution in [0.1, 0.15) is 50.0 Å². The Hall–Kier alpha value is -2.97. The average molecular weight is 401 g/mol. The van der Waals surface area contributed by atoms with Crippen LogP contribution in [0, 0.1) is 5.92 Å². The summed E-state index contributed by atoms with van der Waals surface area (Å²) < 4.78 is 0. The van der Waals surface area contributed by atoms with Crippen LogP contribution in [0.3, 0.4) is 0 Å². The number of amides is 2. The van der Waals surface area contributed by atoms with Gasteiger partial charge >= 0.3 is 5.97 Å². The normalized spacial score (nSPS) is 25.1. The van der Waals surface area contributed by atoms with Crippen molar-refractivity contribution in [2.75, 3.05) is 11.9 Å². The van der Waals surface area contributed by atoms with E-state index in [0.717, 1.165) is 0 Å². The minimum atomic E-state index is -1.01. The second-order valence-corrected chi connectivity index (χ2v) is 7.84. The first-order valence-corrected chi connectivity index (χ1v) is 9.94. The van der Waals surface area contributed by atoms with E-state index in [0.29, 0.717) is 44.1 Å². The molecule has 0 unspecified atom stereocenters. The minimum absolute atomic E-state index is 0.148. The SMILES string of the molecule is CC(C)CNc1nccc(C(=O)N[C@H]2C/C=C\C[C@@H]3CC[C@@H](C(=O)O)N3C2=O)n1. The van der Waals surface area contributed by atoms with Crippen molar-refractivity contribution in [3.8, 4) is 0 Å². The van der Waals surface area contributed by atoms with Gasteiger partial charge in [-0.25, -0.2) is 14.8 Å². The number of carboxylic acids is 1. The highest BCUT2D eigenvalue weighted by molar-refractivity contribution is 5.97. The molecule has 1 saturated heterocycles. The molecule has 9 nitrogen and oxygen atoms in total. The molecule has 0 radical (unpaired) electrons. The van der Waals surface area contributed by atoms with E-state index in [9.17, 15) is 19.5 Å². The first kappa shape index (κ1) is 20.8. The molecule has 2 amide bonds. The van der Waals surface area contributed by atoms with Gasteiger partial charge in [-0.1, -0.05) is 26.0 Å². The molecular weight excluding hydrogens is 374 g/mol. The van der Waals surface area contributed by atoms with Crippen LogP contribution < -0.4 is 10.6 Å². The Morgan fingerprint density at radius 3 is 2.76 bits per heavy atom. The number of nitrogens with one attached hydrogen (secondary N) is 2. The van der Waals surface area contributed by atoms with Crippen LogP contribution in [0.2, 0.25) is 0 Å². The molecule has 0 aliphatic carbocycles. The smallest absolute Gasteiger partial charge is 0.326 e. The van der Waals surface area contributed by atoms with E-state index in [1.54, 1.807) is 0 Å². The van der Waals surface area contributed by atoms with Crippen molar-refractivity contribution in [2.45, 2.75) is 57.7 Å². The monoisotopic (exact) mass is 401 g/mol. The largest absolute Gasteiger partial charge is 0.480 e. The fourth-order valence-corrected chi connectivity index (χ4v) is 3.68. The van der Waals surface area contributed by atoms with Crippen LogP contribution >= 0.6 is 0 Å². The van der Waals surface area contributed by atoms with Crippen LogP contribution in [-0.4, -0.2) is 62.4 Å². The van der Waals surface area contributed by atoms with E-state index in [1.807, 2.05) is 26.0 Å². The molecule has 0 bridgehead atoms. The van der Waals surface area contributed by atoms with Crippen LogP contribution in [0.15, 0.2) is 24.4 Å². The summed E-state index contributed by atoms with van der Waals surface area (Å²) in [4.78, 5) is 47.1. The fourth-order valence-electron chi connectivity index (χ4n) is 3.68. The first-order chi connectivity index (χ1) is 13.9. The summed E-state index contributed by atoms with van der Waals surface area (Å²) >= 11 is 0. The number of hydrogen-bond donors (Lipinski definition) is 3. The highest BCUT2D eigenvalue weighted by Crippen LogP contribution is 2.29. The molecule has 3 N–H and O–H groups in total. The van der Waals surface area contributed by atoms with Crippen molar-refractivity contribution in [1.82, 2.24) is 20.2 Å². The van der Waals surface area contributed by atoms with Gasteiger partial charge in [0.25, 0.3) is 5.91 Å². The zero-order valence-corrected chi connectivity index (χ0v) is 16.7. The number of anilines is 1. The summed E-state index contributed by atoms with van der Waals surface area (Å²) in [5.41, 5.74) is 0.151. The summed E-state index contributed by atoms with van der Waals surface area (Å²) in [7, 11) is 0. The molecule has 9 heteroatoms. The van der Waals surface area contributed by atoms with Crippen molar-refractivity contribution in [3.05, 3.63) is 30.1 Å². The third-order valence-electron chi connectivity index (χ3n) is 5.15. The van der Waals surface area contributed by atoms with Crippen LogP contribution in [0.25, 0.3) is 0 Å². The Kier molecular flexibility index (Phi) is 6.46. The molecule has 0 aromatic carbocycles. The van der Waals surface area contributed by atoms with Crippen LogP contribution in [0.4, 0.5) is 5.95 Å². The number of fused-ring (bicyclic) bond motifs is 1. The summed E-state index contributed by atoms with van der Waals surface area (Å²) in [6.07, 6.45) is 7.32. The van der Waals surface area contributed by atoms with E-state index in [2.05, 4.69) is 20.6 Å². The molecule has 29 heavy (non-hydrogen) atoms. The topological polar surface area (TPSA) is 125 Å². The number of carbonyl (C=O) groups is 3. The number of aromatic nitrogens is 2. The Morgan fingerprint density at radius 1 is 1.28 bits per heavy atom. The van der Waals surface area contributed by atoms with E-state index in [-0.39, 0.29) is 17.6 Å². The second-order valence-electron chi connectivity index (χ2n) is 7.84. The number of hydrogen-bond acceptors (Lipinski definition) is 6. The maximum absolute atomic E-state index is 13.1. The lowest BCUT2D eigenvalue weighted by Crippen LogP contribution is -2.54. The summed E-state index contributed by atoms with van der Waals surface area (Å²) in [6, 6.07) is -0.337. The number of rotatable bonds is 6. The predicted molar refractivity (Wildman–Crippen MR) is 106 cm³/mol. The predicted octanol–water partition coefficient (Wildman–Crippen LogP) is 1.44. The molecule has 0 spiro atoms. The standard InChI is InChI=1S/C20H27N5O4/c1-12(2)11-22-20-21-10-9-14(24-20)17(26)23-15-6-4-3-5-13-7-8-16(19(28)29)25(13)18(15)27/h3-4,9-10,12-13,15-16H,5-8,11H2,1-2H3,(H,23,26)(H,28,29)(H,21,22,24)/b4-3-/t13-,15+,16+/m1/s1. The van der Waals surface area contributed by atoms with Gasteiger partial charge in [-0.2, -0.15) is 0 Å². The van der Waals surface area contributed by atoms with Gasteiger partial charge in [0.1, 0.15) is 17.8 Å². The lowest BCUT2D eigenvalue weighted by Gasteiger charge is -2.32. The van der Waals surface area contributed by atoms with Gasteiger partial charge < -0.3 is 20.6 Å². The lowest BCUT2D eigenvalue weighted by molar-refractivity contribution is -0.150. The molecule has 3 heterocycles. The van der Waals surface area contributed by atoms with Crippen molar-refractivity contribution < 1.29 is 19.5 Å². The second kappa shape index (κ2) is 9.02. The molecular formula is C20H27N5O4. The van der Waals surface area contributed by atoms with Crippen molar-refractivity contribution in [1.29, 1.82) is 0 Å². The van der Waals surface area contributed by atoms with Gasteiger partial charge in [0, 0.05) is 18.8 Å². The fraction of sp³-hybridized carbons (Fsp3) is 0.550. The molecule has 0 saturated carbocycles. The third-order valence-corrected chi connectivity index (χ3v) is 5.15. The molecule has 2 aliphatic rings. The molecule has 156 valence electrons. The van der Waals surface area contributed by atoms with Gasteiger partial charge in [0.2, 0.25) is 11.9 Å². The Labute approximate surface area is 169 Å². The van der Waals surface area contributed by atoms with Gasteiger partial charge in [0.15, 0.2) is 0 Å². The number of carbonyl (C=O) groups excluding carboxylic acids is 2. The van der Waals surface area contributed by atoms with Gasteiger partial charge in [0.05, 0.1) is 0 Å². The molecule has 3 atom stereocenters. The zero-order valence-electron chi connectivity index (χ0n) is 16.7. The molecule has 2 aliphatic heterocycles. The van der Waals surface area contributed by atoms with Gasteiger partial charge in [-0.05, 0) is 37.7 Å². The van der Waals surface area contributed by atoms with Crippen molar-refractivity contribution in [2.24, 2.45) is 5.92 Å². The lowest BCUT2D eigenvalue weighted by atomic mass is 10.0. The highest BCUT2D eigenvalue weighted by atomic mass is 16.4. The van der Waals surface area contributed by atoms with E-state index < -0.39 is 24.0 Å². The Morgan fingerprint density at radius 2 is 2.03 bits per heavy atom. The zero-order chi connectivity index (χ0) is 21.0. The van der Waals surface area contributed by atoms with E-state index >= 15 is 0 Å². The number of carboxylic acid groups (broad SMARTS) is 1. The average Bonchev–Trinajstić information content (AvgIpc) is 3.10. The maximum atomic E-state index is 13.1. The van der Waals surface area contributed by atoms with Crippen molar-refractivity contribution in [3.63, 3.8) is 0 Å². The first-order valence-electron chi connectivity index (χ1n) is 9.94. The Bertz CT molecular complexity index is 810. The minimum Gasteiger partial charge on any atom is -0.480 e. The summed E-state index contributed by atoms with van der Waals surface area (Å²) in [5, 5.41) is 15.3. The summed E-state index contributed by atoms with van der Waals surface area (Å²) in [5.74, 6) is -1.11. The van der Waals surface area contributed by atoms with Crippen LogP contribution in [0.5, 0.6) is 0 Å². The maximum Gasteiger partial charge on any atom is 0.326 e. The van der Waals surface area contributed by atoms with Gasteiger partial charge in [-0.15, -0.1) is 0 Å². The van der Waals surface area contributed by atoms with Gasteiger partial charge in [-0.3, -0.25) is 9.59 Å². The Balaban J connectivity index is 1.74. The molecule has 1 aromatic rings. The van der Waals surface area contributed by atoms with Crippen molar-refractivity contribution >= 4 is 23.7 Å². The van der Waals surface area contributed by atoms with E-state index in [1.165, 1.54) is 17.2 Å². The number of aliphatic carboxylic acids is 1. The third kappa shape index (κ3) is 4.90. The summed E-state index contributed by atoms with van der Waals surface area (Å²) in [6.45, 7) is 4.77. The molecule has 1 aromatic heterocycles. The van der Waals surface area contributed by atoms with Crippen LogP contribution in [-0.2, 0) is 9.59 Å². The quantitative estimate of drug-likeness (QED) is 0.616. The molecule has 3 rings (SSSR count). The van der Waals surface area contributed by atoms with E-state index in [4.69, 9.17) is 0 Å². The molecule has 1 fully saturated rings. The number of nitrogens with zero attached hydrogens (tertiary/aromatic N) is 3.